The lowest BCUT2D eigenvalue weighted by molar-refractivity contribution is -0.00721. The third-order valence-corrected chi connectivity index (χ3v) is 1.91. The van der Waals surface area contributed by atoms with Gasteiger partial charge in [0, 0.05) is 0 Å². The standard InChI is InChI=1S/C9H20O/c1-5-8(4)10-9(6-2)7-3/h8-9H,5-7H2,1-4H3. The van der Waals surface area contributed by atoms with Crippen molar-refractivity contribution >= 4 is 0 Å². The van der Waals surface area contributed by atoms with Crippen molar-refractivity contribution in [1.82, 2.24) is 0 Å². The Labute approximate surface area is 64.8 Å². The zero-order chi connectivity index (χ0) is 7.98. The van der Waals surface area contributed by atoms with Gasteiger partial charge in [-0.25, -0.2) is 0 Å². The lowest BCUT2D eigenvalue weighted by Crippen LogP contribution is -2.17. The summed E-state index contributed by atoms with van der Waals surface area (Å²) in [5.41, 5.74) is 0. The smallest absolute Gasteiger partial charge is 0.0573 e. The Morgan fingerprint density at radius 1 is 1.00 bits per heavy atom. The first kappa shape index (κ1) is 9.96. The summed E-state index contributed by atoms with van der Waals surface area (Å²) in [6, 6.07) is 0. The molecule has 0 aromatic heterocycles. The second-order valence-electron chi connectivity index (χ2n) is 2.79. The maximum atomic E-state index is 5.70. The van der Waals surface area contributed by atoms with Gasteiger partial charge in [0.25, 0.3) is 0 Å². The van der Waals surface area contributed by atoms with Gasteiger partial charge in [-0.15, -0.1) is 0 Å². The van der Waals surface area contributed by atoms with Crippen molar-refractivity contribution in [3.05, 3.63) is 0 Å². The lowest BCUT2D eigenvalue weighted by atomic mass is 10.2. The summed E-state index contributed by atoms with van der Waals surface area (Å²) in [7, 11) is 0. The van der Waals surface area contributed by atoms with Crippen molar-refractivity contribution in [3.63, 3.8) is 0 Å². The maximum Gasteiger partial charge on any atom is 0.0573 e. The molecule has 0 N–H and O–H groups in total. The van der Waals surface area contributed by atoms with Gasteiger partial charge < -0.3 is 4.74 Å². The Morgan fingerprint density at radius 2 is 1.50 bits per heavy atom. The van der Waals surface area contributed by atoms with E-state index < -0.39 is 0 Å². The lowest BCUT2D eigenvalue weighted by Gasteiger charge is -2.18. The summed E-state index contributed by atoms with van der Waals surface area (Å²) >= 11 is 0. The molecule has 0 amide bonds. The van der Waals surface area contributed by atoms with Crippen molar-refractivity contribution in [2.24, 2.45) is 0 Å². The molecule has 0 saturated heterocycles. The summed E-state index contributed by atoms with van der Waals surface area (Å²) in [6.45, 7) is 8.65. The number of rotatable bonds is 5. The van der Waals surface area contributed by atoms with Crippen LogP contribution in [0, 0.1) is 0 Å². The molecule has 0 aliphatic rings. The van der Waals surface area contributed by atoms with E-state index in [0.29, 0.717) is 12.2 Å². The van der Waals surface area contributed by atoms with E-state index >= 15 is 0 Å². The van der Waals surface area contributed by atoms with Crippen LogP contribution >= 0.6 is 0 Å². The van der Waals surface area contributed by atoms with Gasteiger partial charge in [-0.05, 0) is 26.2 Å². The minimum absolute atomic E-state index is 0.435. The van der Waals surface area contributed by atoms with Gasteiger partial charge in [-0.3, -0.25) is 0 Å². The molecule has 10 heavy (non-hydrogen) atoms. The van der Waals surface area contributed by atoms with E-state index in [2.05, 4.69) is 27.7 Å². The summed E-state index contributed by atoms with van der Waals surface area (Å²) in [4.78, 5) is 0. The highest BCUT2D eigenvalue weighted by Gasteiger charge is 2.06. The summed E-state index contributed by atoms with van der Waals surface area (Å²) in [6.07, 6.45) is 4.32. The number of ether oxygens (including phenoxy) is 1. The molecule has 0 aromatic rings. The molecule has 62 valence electrons. The van der Waals surface area contributed by atoms with Crippen LogP contribution in [0.25, 0.3) is 0 Å². The molecule has 0 rings (SSSR count). The van der Waals surface area contributed by atoms with Gasteiger partial charge in [-0.2, -0.15) is 0 Å². The Bertz CT molecular complexity index is 67.1. The van der Waals surface area contributed by atoms with Crippen LogP contribution < -0.4 is 0 Å². The van der Waals surface area contributed by atoms with E-state index in [1.54, 1.807) is 0 Å². The molecule has 0 radical (unpaired) electrons. The predicted molar refractivity (Wildman–Crippen MR) is 45.2 cm³/mol. The molecule has 0 spiro atoms. The summed E-state index contributed by atoms with van der Waals surface area (Å²) < 4.78 is 5.70. The predicted octanol–water partition coefficient (Wildman–Crippen LogP) is 2.99. The third-order valence-electron chi connectivity index (χ3n) is 1.91. The second kappa shape index (κ2) is 5.72. The molecular formula is C9H20O. The first-order valence-corrected chi connectivity index (χ1v) is 4.39. The number of hydrogen-bond donors (Lipinski definition) is 0. The highest BCUT2D eigenvalue weighted by atomic mass is 16.5. The molecule has 0 bridgehead atoms. The molecule has 1 unspecified atom stereocenters. The first-order valence-electron chi connectivity index (χ1n) is 4.39. The van der Waals surface area contributed by atoms with Crippen molar-refractivity contribution in [2.45, 2.75) is 59.2 Å². The van der Waals surface area contributed by atoms with E-state index in [9.17, 15) is 0 Å². The van der Waals surface area contributed by atoms with Crippen molar-refractivity contribution < 1.29 is 4.74 Å². The monoisotopic (exact) mass is 144 g/mol. The molecule has 0 fully saturated rings. The van der Waals surface area contributed by atoms with Crippen LogP contribution in [0.5, 0.6) is 0 Å². The summed E-state index contributed by atoms with van der Waals surface area (Å²) in [5.74, 6) is 0. The molecule has 0 saturated carbocycles. The molecule has 0 aliphatic carbocycles. The van der Waals surface area contributed by atoms with Crippen molar-refractivity contribution in [2.75, 3.05) is 0 Å². The van der Waals surface area contributed by atoms with E-state index in [4.69, 9.17) is 4.74 Å². The van der Waals surface area contributed by atoms with Crippen LogP contribution in [0.4, 0.5) is 0 Å². The normalized spacial score (nSPS) is 14.1. The Balaban J connectivity index is 3.41. The first-order chi connectivity index (χ1) is 4.74. The van der Waals surface area contributed by atoms with Crippen molar-refractivity contribution in [3.8, 4) is 0 Å². The molecule has 1 nitrogen and oxygen atoms in total. The Hall–Kier alpha value is -0.0400. The Kier molecular flexibility index (Phi) is 5.70. The van der Waals surface area contributed by atoms with Gasteiger partial charge in [0.15, 0.2) is 0 Å². The summed E-state index contributed by atoms with van der Waals surface area (Å²) in [5, 5.41) is 0. The van der Waals surface area contributed by atoms with Gasteiger partial charge in [0.05, 0.1) is 12.2 Å². The topological polar surface area (TPSA) is 9.23 Å². The van der Waals surface area contributed by atoms with E-state index in [0.717, 1.165) is 19.3 Å². The fourth-order valence-corrected chi connectivity index (χ4v) is 0.906. The highest BCUT2D eigenvalue weighted by molar-refractivity contribution is 4.54. The van der Waals surface area contributed by atoms with Crippen LogP contribution in [0.3, 0.4) is 0 Å². The van der Waals surface area contributed by atoms with Crippen LogP contribution in [-0.4, -0.2) is 12.2 Å². The molecule has 0 aliphatic heterocycles. The Morgan fingerprint density at radius 3 is 1.80 bits per heavy atom. The highest BCUT2D eigenvalue weighted by Crippen LogP contribution is 2.07. The molecule has 0 aromatic carbocycles. The van der Waals surface area contributed by atoms with E-state index in [-0.39, 0.29) is 0 Å². The van der Waals surface area contributed by atoms with Crippen molar-refractivity contribution in [1.29, 1.82) is 0 Å². The fraction of sp³-hybridized carbons (Fsp3) is 1.00. The van der Waals surface area contributed by atoms with Gasteiger partial charge >= 0.3 is 0 Å². The van der Waals surface area contributed by atoms with Crippen LogP contribution in [0.15, 0.2) is 0 Å². The fourth-order valence-electron chi connectivity index (χ4n) is 0.906. The van der Waals surface area contributed by atoms with Crippen LogP contribution in [0.1, 0.15) is 47.0 Å². The average Bonchev–Trinajstić information content (AvgIpc) is 1.99. The zero-order valence-corrected chi connectivity index (χ0v) is 7.68. The van der Waals surface area contributed by atoms with E-state index in [1.165, 1.54) is 0 Å². The quantitative estimate of drug-likeness (QED) is 0.576. The zero-order valence-electron chi connectivity index (χ0n) is 7.68. The molecule has 1 heteroatoms. The van der Waals surface area contributed by atoms with Gasteiger partial charge in [-0.1, -0.05) is 20.8 Å². The second-order valence-corrected chi connectivity index (χ2v) is 2.79. The minimum atomic E-state index is 0.435. The largest absolute Gasteiger partial charge is 0.375 e. The maximum absolute atomic E-state index is 5.70. The SMILES string of the molecule is CCC(C)OC(CC)CC. The molecule has 1 atom stereocenters. The number of hydrogen-bond acceptors (Lipinski definition) is 1. The third kappa shape index (κ3) is 3.89. The minimum Gasteiger partial charge on any atom is -0.375 e. The van der Waals surface area contributed by atoms with Crippen LogP contribution in [-0.2, 0) is 4.74 Å². The van der Waals surface area contributed by atoms with Gasteiger partial charge in [0.2, 0.25) is 0 Å². The van der Waals surface area contributed by atoms with Crippen LogP contribution in [0.2, 0.25) is 0 Å². The van der Waals surface area contributed by atoms with E-state index in [1.807, 2.05) is 0 Å². The molecule has 0 heterocycles. The molecular weight excluding hydrogens is 124 g/mol. The average molecular weight is 144 g/mol. The van der Waals surface area contributed by atoms with Gasteiger partial charge in [0.1, 0.15) is 0 Å².